The van der Waals surface area contributed by atoms with Crippen molar-refractivity contribution >= 4 is 39.7 Å². The molecule has 198 valence electrons. The second-order valence-electron chi connectivity index (χ2n) is 8.87. The number of hydrogen-bond donors (Lipinski definition) is 1. The number of benzene rings is 2. The Morgan fingerprint density at radius 2 is 1.82 bits per heavy atom. The van der Waals surface area contributed by atoms with E-state index in [2.05, 4.69) is 11.9 Å². The SMILES string of the molecule is CCCCOc1cccc(C2/C(=C(\O)c3ccc(OCC)cc3)C(=O)C(=O)N2c2nc(C)c(C(C)=O)s2)c1. The normalized spacial score (nSPS) is 16.6. The van der Waals surface area contributed by atoms with Crippen LogP contribution in [0.25, 0.3) is 5.76 Å². The van der Waals surface area contributed by atoms with Crippen molar-refractivity contribution < 1.29 is 29.0 Å². The molecule has 2 aromatic carbocycles. The van der Waals surface area contributed by atoms with E-state index in [4.69, 9.17) is 9.47 Å². The van der Waals surface area contributed by atoms with Crippen molar-refractivity contribution in [1.29, 1.82) is 0 Å². The van der Waals surface area contributed by atoms with Crippen LogP contribution in [0.1, 0.15) is 66.1 Å². The number of anilines is 1. The average molecular weight is 535 g/mol. The maximum Gasteiger partial charge on any atom is 0.301 e. The number of rotatable bonds is 10. The fourth-order valence-electron chi connectivity index (χ4n) is 4.30. The molecule has 8 nitrogen and oxygen atoms in total. The van der Waals surface area contributed by atoms with Crippen molar-refractivity contribution in [3.05, 3.63) is 75.8 Å². The molecule has 1 amide bonds. The molecule has 1 unspecified atom stereocenters. The molecular weight excluding hydrogens is 504 g/mol. The molecule has 9 heteroatoms. The lowest BCUT2D eigenvalue weighted by Gasteiger charge is -2.23. The van der Waals surface area contributed by atoms with Gasteiger partial charge in [-0.3, -0.25) is 19.3 Å². The summed E-state index contributed by atoms with van der Waals surface area (Å²) in [6.45, 7) is 8.07. The first kappa shape index (κ1) is 27.1. The van der Waals surface area contributed by atoms with Crippen molar-refractivity contribution in [2.45, 2.75) is 46.6 Å². The fraction of sp³-hybridized carbons (Fsp3) is 0.310. The summed E-state index contributed by atoms with van der Waals surface area (Å²) in [6.07, 6.45) is 1.86. The van der Waals surface area contributed by atoms with Crippen molar-refractivity contribution in [1.82, 2.24) is 4.98 Å². The van der Waals surface area contributed by atoms with Crippen molar-refractivity contribution in [2.24, 2.45) is 0 Å². The van der Waals surface area contributed by atoms with Crippen LogP contribution < -0.4 is 14.4 Å². The van der Waals surface area contributed by atoms with Crippen molar-refractivity contribution in [2.75, 3.05) is 18.1 Å². The largest absolute Gasteiger partial charge is 0.507 e. The van der Waals surface area contributed by atoms with Crippen LogP contribution in [0.4, 0.5) is 5.13 Å². The second-order valence-corrected chi connectivity index (χ2v) is 9.85. The lowest BCUT2D eigenvalue weighted by Crippen LogP contribution is -2.29. The van der Waals surface area contributed by atoms with Gasteiger partial charge in [-0.2, -0.15) is 0 Å². The van der Waals surface area contributed by atoms with Crippen LogP contribution in [-0.2, 0) is 9.59 Å². The number of Topliss-reactive ketones (excluding diaryl/α,β-unsaturated/α-hetero) is 2. The minimum absolute atomic E-state index is 0.0675. The van der Waals surface area contributed by atoms with Gasteiger partial charge in [-0.25, -0.2) is 4.98 Å². The Labute approximate surface area is 225 Å². The summed E-state index contributed by atoms with van der Waals surface area (Å²) in [5, 5.41) is 11.6. The van der Waals surface area contributed by atoms with Gasteiger partial charge in [0.2, 0.25) is 0 Å². The zero-order valence-corrected chi connectivity index (χ0v) is 22.6. The van der Waals surface area contributed by atoms with Crippen molar-refractivity contribution in [3.63, 3.8) is 0 Å². The first-order valence-corrected chi connectivity index (χ1v) is 13.3. The zero-order valence-electron chi connectivity index (χ0n) is 21.8. The van der Waals surface area contributed by atoms with Crippen LogP contribution in [0.5, 0.6) is 11.5 Å². The van der Waals surface area contributed by atoms with E-state index in [1.807, 2.05) is 6.92 Å². The highest BCUT2D eigenvalue weighted by molar-refractivity contribution is 7.18. The molecule has 0 radical (unpaired) electrons. The Balaban J connectivity index is 1.87. The Morgan fingerprint density at radius 3 is 2.45 bits per heavy atom. The summed E-state index contributed by atoms with van der Waals surface area (Å²) in [7, 11) is 0. The molecule has 4 rings (SSSR count). The first-order chi connectivity index (χ1) is 18.3. The highest BCUT2D eigenvalue weighted by Crippen LogP contribution is 2.44. The molecule has 0 bridgehead atoms. The minimum Gasteiger partial charge on any atom is -0.507 e. The third-order valence-electron chi connectivity index (χ3n) is 6.13. The number of nitrogens with zero attached hydrogens (tertiary/aromatic N) is 2. The molecule has 0 spiro atoms. The Kier molecular flexibility index (Phi) is 8.26. The van der Waals surface area contributed by atoms with Gasteiger partial charge in [0, 0.05) is 12.5 Å². The zero-order chi connectivity index (χ0) is 27.4. The number of amides is 1. The Bertz CT molecular complexity index is 1390. The van der Waals surface area contributed by atoms with Gasteiger partial charge in [0.05, 0.1) is 35.4 Å². The van der Waals surface area contributed by atoms with Gasteiger partial charge in [0.15, 0.2) is 10.9 Å². The average Bonchev–Trinajstić information content (AvgIpc) is 3.41. The van der Waals surface area contributed by atoms with E-state index in [9.17, 15) is 19.5 Å². The molecule has 1 aromatic heterocycles. The van der Waals surface area contributed by atoms with Crippen LogP contribution in [0, 0.1) is 6.92 Å². The predicted octanol–water partition coefficient (Wildman–Crippen LogP) is 5.86. The van der Waals surface area contributed by atoms with Crippen LogP contribution >= 0.6 is 11.3 Å². The van der Waals surface area contributed by atoms with E-state index in [0.29, 0.717) is 46.4 Å². The number of carbonyl (C=O) groups is 3. The van der Waals surface area contributed by atoms with Crippen LogP contribution in [-0.4, -0.2) is 40.8 Å². The van der Waals surface area contributed by atoms with E-state index in [-0.39, 0.29) is 22.2 Å². The number of ketones is 2. The van der Waals surface area contributed by atoms with Gasteiger partial charge in [0.1, 0.15) is 17.3 Å². The van der Waals surface area contributed by atoms with Crippen molar-refractivity contribution in [3.8, 4) is 11.5 Å². The molecule has 1 aliphatic heterocycles. The number of unbranched alkanes of at least 4 members (excludes halogenated alkanes) is 1. The molecule has 0 saturated carbocycles. The van der Waals surface area contributed by atoms with E-state index in [1.54, 1.807) is 55.5 Å². The maximum absolute atomic E-state index is 13.4. The van der Waals surface area contributed by atoms with Crippen LogP contribution in [0.3, 0.4) is 0 Å². The van der Waals surface area contributed by atoms with E-state index in [1.165, 1.54) is 11.8 Å². The second kappa shape index (κ2) is 11.6. The maximum atomic E-state index is 13.4. The number of carbonyl (C=O) groups excluding carboxylic acids is 3. The number of thiazole rings is 1. The lowest BCUT2D eigenvalue weighted by molar-refractivity contribution is -0.132. The van der Waals surface area contributed by atoms with Gasteiger partial charge in [-0.05, 0) is 62.2 Å². The Morgan fingerprint density at radius 1 is 1.08 bits per heavy atom. The summed E-state index contributed by atoms with van der Waals surface area (Å²) in [5.41, 5.74) is 1.35. The van der Waals surface area contributed by atoms with Gasteiger partial charge >= 0.3 is 5.91 Å². The number of aromatic nitrogens is 1. The highest BCUT2D eigenvalue weighted by atomic mass is 32.1. The van der Waals surface area contributed by atoms with E-state index in [0.717, 1.165) is 24.2 Å². The van der Waals surface area contributed by atoms with E-state index < -0.39 is 17.7 Å². The molecule has 1 atom stereocenters. The topological polar surface area (TPSA) is 106 Å². The first-order valence-electron chi connectivity index (χ1n) is 12.5. The van der Waals surface area contributed by atoms with Gasteiger partial charge in [0.25, 0.3) is 5.78 Å². The molecule has 1 N–H and O–H groups in total. The van der Waals surface area contributed by atoms with Gasteiger partial charge < -0.3 is 14.6 Å². The molecule has 0 aliphatic carbocycles. The number of hydrogen-bond acceptors (Lipinski definition) is 8. The molecule has 1 aliphatic rings. The highest BCUT2D eigenvalue weighted by Gasteiger charge is 2.48. The minimum atomic E-state index is -0.971. The molecule has 2 heterocycles. The lowest BCUT2D eigenvalue weighted by atomic mass is 9.95. The smallest absolute Gasteiger partial charge is 0.301 e. The quantitative estimate of drug-likeness (QED) is 0.114. The summed E-state index contributed by atoms with van der Waals surface area (Å²) in [5.74, 6) is -0.953. The predicted molar refractivity (Wildman–Crippen MR) is 146 cm³/mol. The molecule has 38 heavy (non-hydrogen) atoms. The monoisotopic (exact) mass is 534 g/mol. The van der Waals surface area contributed by atoms with Crippen LogP contribution in [0.15, 0.2) is 54.1 Å². The molecule has 3 aromatic rings. The molecule has 1 fully saturated rings. The molecule has 1 saturated heterocycles. The van der Waals surface area contributed by atoms with Crippen LogP contribution in [0.2, 0.25) is 0 Å². The standard InChI is InChI=1S/C29H30N2O6S/c1-5-7-15-37-22-10-8-9-20(16-22)24-23(25(33)19-11-13-21(14-12-19)36-6-2)26(34)28(35)31(24)29-30-17(3)27(38-29)18(4)32/h8-14,16,24,33H,5-7,15H2,1-4H3/b25-23+. The third kappa shape index (κ3) is 5.33. The fourth-order valence-corrected chi connectivity index (χ4v) is 5.29. The summed E-state index contributed by atoms with van der Waals surface area (Å²) >= 11 is 1.05. The van der Waals surface area contributed by atoms with Gasteiger partial charge in [-0.15, -0.1) is 0 Å². The summed E-state index contributed by atoms with van der Waals surface area (Å²) in [4.78, 5) is 45.1. The van der Waals surface area contributed by atoms with Gasteiger partial charge in [-0.1, -0.05) is 36.8 Å². The number of aryl methyl sites for hydroxylation is 1. The summed E-state index contributed by atoms with van der Waals surface area (Å²) < 4.78 is 11.4. The van der Waals surface area contributed by atoms with E-state index >= 15 is 0 Å². The number of aliphatic hydroxyl groups is 1. The molecular formula is C29H30N2O6S. The summed E-state index contributed by atoms with van der Waals surface area (Å²) in [6, 6.07) is 12.8. The number of ether oxygens (including phenoxy) is 2. The third-order valence-corrected chi connectivity index (χ3v) is 7.39. The Hall–Kier alpha value is -3.98. The number of aliphatic hydroxyl groups excluding tert-OH is 1.